The van der Waals surface area contributed by atoms with Gasteiger partial charge >= 0.3 is 0 Å². The molecule has 0 radical (unpaired) electrons. The molecule has 2 rings (SSSR count). The van der Waals surface area contributed by atoms with Gasteiger partial charge in [-0.05, 0) is 31.2 Å². The van der Waals surface area contributed by atoms with Crippen molar-refractivity contribution in [3.05, 3.63) is 42.5 Å². The second-order valence-corrected chi connectivity index (χ2v) is 5.62. The van der Waals surface area contributed by atoms with Crippen molar-refractivity contribution in [1.29, 1.82) is 0 Å². The van der Waals surface area contributed by atoms with E-state index < -0.39 is 0 Å². The average molecular weight is 372 g/mol. The normalized spacial score (nSPS) is 10.1. The van der Waals surface area contributed by atoms with Crippen LogP contribution in [-0.2, 0) is 9.59 Å². The number of methoxy groups -OCH3 is 2. The summed E-state index contributed by atoms with van der Waals surface area (Å²) in [5.74, 6) is 1.01. The van der Waals surface area contributed by atoms with Crippen molar-refractivity contribution in [3.63, 3.8) is 0 Å². The number of nitrogens with zero attached hydrogens (tertiary/aromatic N) is 1. The summed E-state index contributed by atoms with van der Waals surface area (Å²) in [6, 6.07) is 12.2. The van der Waals surface area contributed by atoms with E-state index >= 15 is 0 Å². The van der Waals surface area contributed by atoms with Gasteiger partial charge in [-0.25, -0.2) is 0 Å². The average Bonchev–Trinajstić information content (AvgIpc) is 2.66. The maximum atomic E-state index is 12.5. The second kappa shape index (κ2) is 9.47. The summed E-state index contributed by atoms with van der Waals surface area (Å²) in [4.78, 5) is 26.0. The zero-order valence-corrected chi connectivity index (χ0v) is 15.9. The lowest BCUT2D eigenvalue weighted by molar-refractivity contribution is -0.120. The van der Waals surface area contributed by atoms with Gasteiger partial charge in [0.2, 0.25) is 11.8 Å². The zero-order valence-electron chi connectivity index (χ0n) is 15.9. The molecule has 27 heavy (non-hydrogen) atoms. The number of carbonyl (C=O) groups is 2. The zero-order chi connectivity index (χ0) is 19.8. The molecule has 7 heteroatoms. The molecule has 144 valence electrons. The van der Waals surface area contributed by atoms with E-state index in [4.69, 9.17) is 14.2 Å². The fourth-order valence-electron chi connectivity index (χ4n) is 2.58. The fourth-order valence-corrected chi connectivity index (χ4v) is 2.58. The van der Waals surface area contributed by atoms with Crippen LogP contribution in [0.4, 0.5) is 11.4 Å². The van der Waals surface area contributed by atoms with Crippen LogP contribution in [-0.4, -0.2) is 39.2 Å². The molecule has 0 spiro atoms. The van der Waals surface area contributed by atoms with Crippen LogP contribution in [0.1, 0.15) is 13.8 Å². The van der Waals surface area contributed by atoms with Gasteiger partial charge < -0.3 is 19.5 Å². The molecule has 0 unspecified atom stereocenters. The molecule has 0 aliphatic rings. The molecule has 0 heterocycles. The predicted octanol–water partition coefficient (Wildman–Crippen LogP) is 3.09. The van der Waals surface area contributed by atoms with Crippen molar-refractivity contribution in [2.24, 2.45) is 0 Å². The molecule has 0 atom stereocenters. The minimum atomic E-state index is -0.344. The number of para-hydroxylation sites is 2. The SMILES string of the molecule is CCOc1ccccc1N(CC(=O)Nc1ccc(OC)c(OC)c1)C(C)=O. The van der Waals surface area contributed by atoms with Crippen LogP contribution in [0.15, 0.2) is 42.5 Å². The predicted molar refractivity (Wildman–Crippen MR) is 104 cm³/mol. The number of ether oxygens (including phenoxy) is 3. The van der Waals surface area contributed by atoms with Gasteiger partial charge in [-0.1, -0.05) is 12.1 Å². The first-order valence-electron chi connectivity index (χ1n) is 8.52. The van der Waals surface area contributed by atoms with Crippen molar-refractivity contribution in [3.8, 4) is 17.2 Å². The molecule has 0 aliphatic heterocycles. The minimum absolute atomic E-state index is 0.145. The molecule has 0 saturated heterocycles. The van der Waals surface area contributed by atoms with E-state index in [1.807, 2.05) is 13.0 Å². The summed E-state index contributed by atoms with van der Waals surface area (Å²) in [5, 5.41) is 2.77. The molecule has 1 N–H and O–H groups in total. The quantitative estimate of drug-likeness (QED) is 0.770. The van der Waals surface area contributed by atoms with E-state index in [0.29, 0.717) is 35.2 Å². The maximum absolute atomic E-state index is 12.5. The summed E-state index contributed by atoms with van der Waals surface area (Å²) >= 11 is 0. The van der Waals surface area contributed by atoms with Gasteiger partial charge in [-0.15, -0.1) is 0 Å². The Bertz CT molecular complexity index is 807. The largest absolute Gasteiger partial charge is 0.493 e. The highest BCUT2D eigenvalue weighted by Gasteiger charge is 2.19. The van der Waals surface area contributed by atoms with Crippen molar-refractivity contribution in [1.82, 2.24) is 0 Å². The van der Waals surface area contributed by atoms with Crippen molar-refractivity contribution < 1.29 is 23.8 Å². The second-order valence-electron chi connectivity index (χ2n) is 5.62. The first kappa shape index (κ1) is 20.1. The Hall–Kier alpha value is -3.22. The van der Waals surface area contributed by atoms with Gasteiger partial charge in [0.25, 0.3) is 0 Å². The lowest BCUT2D eigenvalue weighted by Gasteiger charge is -2.23. The van der Waals surface area contributed by atoms with Crippen LogP contribution in [0.5, 0.6) is 17.2 Å². The number of amides is 2. The summed E-state index contributed by atoms with van der Waals surface area (Å²) in [6.45, 7) is 3.58. The third-order valence-electron chi connectivity index (χ3n) is 3.81. The topological polar surface area (TPSA) is 77.1 Å². The Balaban J connectivity index is 2.18. The lowest BCUT2D eigenvalue weighted by Crippen LogP contribution is -2.37. The van der Waals surface area contributed by atoms with E-state index in [1.165, 1.54) is 26.0 Å². The Kier molecular flexibility index (Phi) is 7.05. The van der Waals surface area contributed by atoms with Crippen LogP contribution in [0, 0.1) is 0 Å². The Morgan fingerprint density at radius 1 is 1.00 bits per heavy atom. The summed E-state index contributed by atoms with van der Waals surface area (Å²) in [7, 11) is 3.06. The Morgan fingerprint density at radius 2 is 1.70 bits per heavy atom. The number of benzene rings is 2. The van der Waals surface area contributed by atoms with Crippen molar-refractivity contribution in [2.45, 2.75) is 13.8 Å². The highest BCUT2D eigenvalue weighted by atomic mass is 16.5. The minimum Gasteiger partial charge on any atom is -0.493 e. The molecule has 0 saturated carbocycles. The van der Waals surface area contributed by atoms with E-state index in [9.17, 15) is 9.59 Å². The maximum Gasteiger partial charge on any atom is 0.244 e. The molecule has 2 amide bonds. The third kappa shape index (κ3) is 5.13. The smallest absolute Gasteiger partial charge is 0.244 e. The molecular weight excluding hydrogens is 348 g/mol. The van der Waals surface area contributed by atoms with Crippen LogP contribution in [0.25, 0.3) is 0 Å². The number of rotatable bonds is 8. The molecule has 0 aliphatic carbocycles. The summed E-state index contributed by atoms with van der Waals surface area (Å²) in [5.41, 5.74) is 1.09. The molecule has 2 aromatic carbocycles. The number of hydrogen-bond acceptors (Lipinski definition) is 5. The van der Waals surface area contributed by atoms with Gasteiger partial charge in [0, 0.05) is 18.7 Å². The van der Waals surface area contributed by atoms with E-state index in [2.05, 4.69) is 5.32 Å². The van der Waals surface area contributed by atoms with Crippen LogP contribution in [0.2, 0.25) is 0 Å². The van der Waals surface area contributed by atoms with E-state index in [0.717, 1.165) is 0 Å². The number of carbonyl (C=O) groups excluding carboxylic acids is 2. The molecule has 0 bridgehead atoms. The highest BCUT2D eigenvalue weighted by Crippen LogP contribution is 2.30. The van der Waals surface area contributed by atoms with Crippen molar-refractivity contribution >= 4 is 23.2 Å². The van der Waals surface area contributed by atoms with E-state index in [-0.39, 0.29) is 18.4 Å². The van der Waals surface area contributed by atoms with Gasteiger partial charge in [0.15, 0.2) is 11.5 Å². The highest BCUT2D eigenvalue weighted by molar-refractivity contribution is 6.02. The third-order valence-corrected chi connectivity index (χ3v) is 3.81. The Labute approximate surface area is 158 Å². The lowest BCUT2D eigenvalue weighted by atomic mass is 10.2. The first-order valence-corrected chi connectivity index (χ1v) is 8.52. The Morgan fingerprint density at radius 3 is 2.33 bits per heavy atom. The number of hydrogen-bond donors (Lipinski definition) is 1. The van der Waals surface area contributed by atoms with Gasteiger partial charge in [-0.3, -0.25) is 14.5 Å². The first-order chi connectivity index (χ1) is 13.0. The fraction of sp³-hybridized carbons (Fsp3) is 0.300. The van der Waals surface area contributed by atoms with Crippen LogP contribution >= 0.6 is 0 Å². The molecule has 7 nitrogen and oxygen atoms in total. The number of nitrogens with one attached hydrogen (secondary N) is 1. The van der Waals surface area contributed by atoms with Crippen molar-refractivity contribution in [2.75, 3.05) is 37.6 Å². The molecular formula is C20H24N2O5. The van der Waals surface area contributed by atoms with E-state index in [1.54, 1.807) is 36.4 Å². The monoisotopic (exact) mass is 372 g/mol. The van der Waals surface area contributed by atoms with Crippen LogP contribution < -0.4 is 24.4 Å². The number of anilines is 2. The van der Waals surface area contributed by atoms with Gasteiger partial charge in [0.05, 0.1) is 26.5 Å². The molecule has 2 aromatic rings. The molecule has 0 aromatic heterocycles. The van der Waals surface area contributed by atoms with Gasteiger partial charge in [0.1, 0.15) is 12.3 Å². The summed E-state index contributed by atoms with van der Waals surface area (Å²) < 4.78 is 16.0. The van der Waals surface area contributed by atoms with Crippen LogP contribution in [0.3, 0.4) is 0 Å². The van der Waals surface area contributed by atoms with Gasteiger partial charge in [-0.2, -0.15) is 0 Å². The summed E-state index contributed by atoms with van der Waals surface area (Å²) in [6.07, 6.45) is 0. The standard InChI is InChI=1S/C20H24N2O5/c1-5-27-17-9-7-6-8-16(17)22(14(2)23)13-20(24)21-15-10-11-18(25-3)19(12-15)26-4/h6-12H,5,13H2,1-4H3,(H,21,24). The molecule has 0 fully saturated rings.